The largest absolute Gasteiger partial charge is 0.353 e. The lowest BCUT2D eigenvalue weighted by atomic mass is 9.96. The van der Waals surface area contributed by atoms with Crippen molar-refractivity contribution in [2.75, 3.05) is 49.5 Å². The molecule has 0 aliphatic carbocycles. The number of piperidine rings is 1. The number of amides is 3. The van der Waals surface area contributed by atoms with Crippen molar-refractivity contribution in [3.8, 4) is 0 Å². The SMILES string of the molecule is O=C(Nc1cccs1)N1CCCC(C(=O)N2CCN(c3ccccn3)CC2)C1. The average Bonchev–Trinajstić information content (AvgIpc) is 3.27. The molecule has 1 unspecified atom stereocenters. The van der Waals surface area contributed by atoms with Gasteiger partial charge < -0.3 is 14.7 Å². The summed E-state index contributed by atoms with van der Waals surface area (Å²) in [4.78, 5) is 35.8. The maximum Gasteiger partial charge on any atom is 0.322 e. The number of hydrogen-bond donors (Lipinski definition) is 1. The Labute approximate surface area is 169 Å². The molecule has 4 rings (SSSR count). The monoisotopic (exact) mass is 399 g/mol. The summed E-state index contributed by atoms with van der Waals surface area (Å²) in [5.74, 6) is 1.03. The Balaban J connectivity index is 1.30. The molecule has 2 aliphatic heterocycles. The van der Waals surface area contributed by atoms with Crippen molar-refractivity contribution in [2.45, 2.75) is 12.8 Å². The highest BCUT2D eigenvalue weighted by Crippen LogP contribution is 2.22. The zero-order chi connectivity index (χ0) is 19.3. The number of hydrogen-bond acceptors (Lipinski definition) is 5. The number of piperazine rings is 1. The molecule has 3 amide bonds. The lowest BCUT2D eigenvalue weighted by Gasteiger charge is -2.39. The number of nitrogens with zero attached hydrogens (tertiary/aromatic N) is 4. The Morgan fingerprint density at radius 1 is 1.04 bits per heavy atom. The number of anilines is 2. The summed E-state index contributed by atoms with van der Waals surface area (Å²) in [5, 5.41) is 5.69. The van der Waals surface area contributed by atoms with Crippen LogP contribution in [-0.2, 0) is 4.79 Å². The van der Waals surface area contributed by atoms with Crippen LogP contribution in [0.2, 0.25) is 0 Å². The zero-order valence-electron chi connectivity index (χ0n) is 15.8. The smallest absolute Gasteiger partial charge is 0.322 e. The summed E-state index contributed by atoms with van der Waals surface area (Å²) < 4.78 is 0. The summed E-state index contributed by atoms with van der Waals surface area (Å²) in [6.45, 7) is 4.18. The van der Waals surface area contributed by atoms with Gasteiger partial charge in [-0.3, -0.25) is 10.1 Å². The van der Waals surface area contributed by atoms with Crippen LogP contribution in [0.3, 0.4) is 0 Å². The molecule has 2 aromatic rings. The topological polar surface area (TPSA) is 68.8 Å². The number of pyridine rings is 1. The van der Waals surface area contributed by atoms with Crippen LogP contribution in [0.15, 0.2) is 41.9 Å². The fraction of sp³-hybridized carbons (Fsp3) is 0.450. The number of aromatic nitrogens is 1. The first-order chi connectivity index (χ1) is 13.7. The quantitative estimate of drug-likeness (QED) is 0.862. The minimum Gasteiger partial charge on any atom is -0.353 e. The van der Waals surface area contributed by atoms with Gasteiger partial charge in [0, 0.05) is 45.5 Å². The second kappa shape index (κ2) is 8.60. The Hall–Kier alpha value is -2.61. The number of rotatable bonds is 3. The van der Waals surface area contributed by atoms with Gasteiger partial charge in [0.25, 0.3) is 0 Å². The predicted octanol–water partition coefficient (Wildman–Crippen LogP) is 2.74. The molecule has 0 bridgehead atoms. The van der Waals surface area contributed by atoms with Crippen molar-refractivity contribution in [1.29, 1.82) is 0 Å². The summed E-state index contributed by atoms with van der Waals surface area (Å²) >= 11 is 1.50. The normalized spacial score (nSPS) is 20.1. The van der Waals surface area contributed by atoms with E-state index in [0.29, 0.717) is 26.2 Å². The van der Waals surface area contributed by atoms with E-state index >= 15 is 0 Å². The summed E-state index contributed by atoms with van der Waals surface area (Å²) in [6, 6.07) is 9.58. The van der Waals surface area contributed by atoms with E-state index in [1.54, 1.807) is 11.1 Å². The van der Waals surface area contributed by atoms with Crippen molar-refractivity contribution in [2.24, 2.45) is 5.92 Å². The average molecular weight is 400 g/mol. The molecule has 8 heteroatoms. The second-order valence-corrected chi connectivity index (χ2v) is 8.14. The molecule has 2 aromatic heterocycles. The number of carbonyl (C=O) groups excluding carboxylic acids is 2. The Morgan fingerprint density at radius 2 is 1.89 bits per heavy atom. The van der Waals surface area contributed by atoms with Crippen LogP contribution in [0.25, 0.3) is 0 Å². The van der Waals surface area contributed by atoms with Crippen LogP contribution in [-0.4, -0.2) is 66.0 Å². The molecule has 0 saturated carbocycles. The molecule has 1 N–H and O–H groups in total. The number of carbonyl (C=O) groups is 2. The van der Waals surface area contributed by atoms with Crippen molar-refractivity contribution < 1.29 is 9.59 Å². The first kappa shape index (κ1) is 18.7. The highest BCUT2D eigenvalue weighted by Gasteiger charge is 2.32. The third-order valence-electron chi connectivity index (χ3n) is 5.37. The molecule has 7 nitrogen and oxygen atoms in total. The van der Waals surface area contributed by atoms with Gasteiger partial charge in [0.1, 0.15) is 5.82 Å². The Kier molecular flexibility index (Phi) is 5.76. The zero-order valence-corrected chi connectivity index (χ0v) is 16.6. The highest BCUT2D eigenvalue weighted by atomic mass is 32.1. The van der Waals surface area contributed by atoms with Gasteiger partial charge in [-0.25, -0.2) is 9.78 Å². The van der Waals surface area contributed by atoms with E-state index in [0.717, 1.165) is 36.8 Å². The van der Waals surface area contributed by atoms with Crippen LogP contribution < -0.4 is 10.2 Å². The Morgan fingerprint density at radius 3 is 2.61 bits per heavy atom. The van der Waals surface area contributed by atoms with Gasteiger partial charge in [-0.2, -0.15) is 0 Å². The van der Waals surface area contributed by atoms with E-state index in [4.69, 9.17) is 0 Å². The number of nitrogens with one attached hydrogen (secondary N) is 1. The third-order valence-corrected chi connectivity index (χ3v) is 6.16. The Bertz CT molecular complexity index is 790. The molecule has 2 saturated heterocycles. The molecule has 0 spiro atoms. The van der Waals surface area contributed by atoms with Gasteiger partial charge in [-0.15, -0.1) is 11.3 Å². The fourth-order valence-electron chi connectivity index (χ4n) is 3.85. The van der Waals surface area contributed by atoms with Crippen molar-refractivity contribution in [3.63, 3.8) is 0 Å². The first-order valence-electron chi connectivity index (χ1n) is 9.75. The molecular formula is C20H25N5O2S. The van der Waals surface area contributed by atoms with Gasteiger partial charge in [-0.05, 0) is 42.5 Å². The molecular weight excluding hydrogens is 374 g/mol. The first-order valence-corrected chi connectivity index (χ1v) is 10.6. The van der Waals surface area contributed by atoms with Crippen molar-refractivity contribution in [1.82, 2.24) is 14.8 Å². The summed E-state index contributed by atoms with van der Waals surface area (Å²) in [6.07, 6.45) is 3.51. The number of urea groups is 1. The molecule has 0 radical (unpaired) electrons. The standard InChI is InChI=1S/C20H25N5O2S/c26-19(24-12-10-23(11-13-24)17-6-1-2-8-21-17)16-5-3-9-25(15-16)20(27)22-18-7-4-14-28-18/h1-2,4,6-8,14,16H,3,5,9-13,15H2,(H,22,27). The lowest BCUT2D eigenvalue weighted by Crippen LogP contribution is -2.53. The van der Waals surface area contributed by atoms with Crippen LogP contribution in [0.1, 0.15) is 12.8 Å². The second-order valence-electron chi connectivity index (χ2n) is 7.19. The molecule has 28 heavy (non-hydrogen) atoms. The third kappa shape index (κ3) is 4.27. The highest BCUT2D eigenvalue weighted by molar-refractivity contribution is 7.14. The van der Waals surface area contributed by atoms with Gasteiger partial charge in [0.05, 0.1) is 10.9 Å². The van der Waals surface area contributed by atoms with E-state index < -0.39 is 0 Å². The molecule has 2 aliphatic rings. The maximum absolute atomic E-state index is 13.0. The molecule has 148 valence electrons. The van der Waals surface area contributed by atoms with Crippen LogP contribution in [0.5, 0.6) is 0 Å². The molecule has 1 atom stereocenters. The predicted molar refractivity (Wildman–Crippen MR) is 111 cm³/mol. The van der Waals surface area contributed by atoms with Gasteiger partial charge in [-0.1, -0.05) is 6.07 Å². The van der Waals surface area contributed by atoms with Gasteiger partial charge in [0.15, 0.2) is 0 Å². The van der Waals surface area contributed by atoms with Gasteiger partial charge in [0.2, 0.25) is 5.91 Å². The summed E-state index contributed by atoms with van der Waals surface area (Å²) in [5.41, 5.74) is 0. The number of likely N-dealkylation sites (tertiary alicyclic amines) is 1. The lowest BCUT2D eigenvalue weighted by molar-refractivity contribution is -0.137. The van der Waals surface area contributed by atoms with Gasteiger partial charge >= 0.3 is 6.03 Å². The molecule has 4 heterocycles. The molecule has 2 fully saturated rings. The van der Waals surface area contributed by atoms with Crippen LogP contribution >= 0.6 is 11.3 Å². The van der Waals surface area contributed by atoms with Crippen LogP contribution in [0.4, 0.5) is 15.6 Å². The van der Waals surface area contributed by atoms with E-state index in [1.807, 2.05) is 40.6 Å². The van der Waals surface area contributed by atoms with E-state index in [-0.39, 0.29) is 17.9 Å². The van der Waals surface area contributed by atoms with E-state index in [1.165, 1.54) is 11.3 Å². The van der Waals surface area contributed by atoms with Crippen molar-refractivity contribution in [3.05, 3.63) is 41.9 Å². The molecule has 0 aromatic carbocycles. The minimum atomic E-state index is -0.111. The van der Waals surface area contributed by atoms with Crippen LogP contribution in [0, 0.1) is 5.92 Å². The number of thiophene rings is 1. The minimum absolute atomic E-state index is 0.107. The summed E-state index contributed by atoms with van der Waals surface area (Å²) in [7, 11) is 0. The fourth-order valence-corrected chi connectivity index (χ4v) is 4.46. The van der Waals surface area contributed by atoms with E-state index in [9.17, 15) is 9.59 Å². The van der Waals surface area contributed by atoms with E-state index in [2.05, 4.69) is 15.2 Å². The van der Waals surface area contributed by atoms with Crippen molar-refractivity contribution >= 4 is 34.1 Å². The maximum atomic E-state index is 13.0.